The van der Waals surface area contributed by atoms with Gasteiger partial charge in [0.25, 0.3) is 0 Å². The van der Waals surface area contributed by atoms with Crippen molar-refractivity contribution in [3.8, 4) is 5.75 Å². The van der Waals surface area contributed by atoms with E-state index >= 15 is 0 Å². The van der Waals surface area contributed by atoms with Gasteiger partial charge in [-0.15, -0.1) is 13.2 Å². The Morgan fingerprint density at radius 2 is 1.95 bits per heavy atom. The quantitative estimate of drug-likeness (QED) is 0.741. The molecular formula is C12H16F3N3O2. The van der Waals surface area contributed by atoms with Crippen molar-refractivity contribution in [1.29, 1.82) is 0 Å². The molecule has 0 fully saturated rings. The van der Waals surface area contributed by atoms with Crippen LogP contribution in [-0.2, 0) is 4.79 Å². The van der Waals surface area contributed by atoms with E-state index in [1.165, 1.54) is 24.3 Å². The van der Waals surface area contributed by atoms with Crippen molar-refractivity contribution in [1.82, 2.24) is 5.32 Å². The molecule has 1 rings (SSSR count). The van der Waals surface area contributed by atoms with Gasteiger partial charge in [-0.05, 0) is 31.2 Å². The summed E-state index contributed by atoms with van der Waals surface area (Å²) in [5.74, 6) is -0.555. The first-order valence-electron chi connectivity index (χ1n) is 5.89. The van der Waals surface area contributed by atoms with Gasteiger partial charge in [-0.25, -0.2) is 0 Å². The van der Waals surface area contributed by atoms with Gasteiger partial charge >= 0.3 is 6.36 Å². The molecule has 5 nitrogen and oxygen atoms in total. The van der Waals surface area contributed by atoms with Crippen LogP contribution in [0.4, 0.5) is 18.9 Å². The summed E-state index contributed by atoms with van der Waals surface area (Å²) >= 11 is 0. The number of benzene rings is 1. The summed E-state index contributed by atoms with van der Waals surface area (Å²) in [7, 11) is 0. The smallest absolute Gasteiger partial charge is 0.406 e. The van der Waals surface area contributed by atoms with Crippen LogP contribution in [0.3, 0.4) is 0 Å². The zero-order chi connectivity index (χ0) is 15.2. The largest absolute Gasteiger partial charge is 0.573 e. The number of hydrogen-bond acceptors (Lipinski definition) is 4. The predicted molar refractivity (Wildman–Crippen MR) is 68.3 cm³/mol. The van der Waals surface area contributed by atoms with Gasteiger partial charge in [0.2, 0.25) is 5.91 Å². The van der Waals surface area contributed by atoms with Crippen molar-refractivity contribution in [2.24, 2.45) is 5.73 Å². The molecule has 0 aliphatic rings. The monoisotopic (exact) mass is 291 g/mol. The van der Waals surface area contributed by atoms with Gasteiger partial charge < -0.3 is 21.1 Å². The van der Waals surface area contributed by atoms with Crippen LogP contribution in [0, 0.1) is 0 Å². The number of rotatable bonds is 6. The fourth-order valence-corrected chi connectivity index (χ4v) is 1.43. The molecule has 20 heavy (non-hydrogen) atoms. The normalized spacial score (nSPS) is 12.7. The van der Waals surface area contributed by atoms with Crippen molar-refractivity contribution >= 4 is 11.6 Å². The number of alkyl halides is 3. The van der Waals surface area contributed by atoms with Crippen LogP contribution in [0.2, 0.25) is 0 Å². The average Bonchev–Trinajstić information content (AvgIpc) is 2.36. The van der Waals surface area contributed by atoms with E-state index in [1.807, 2.05) is 0 Å². The standard InChI is InChI=1S/C12H16F3N3O2/c1-8(18-11(19)6-16)7-17-9-2-4-10(5-3-9)20-12(13,14)15/h2-5,8,17H,6-7,16H2,1H3,(H,18,19). The van der Waals surface area contributed by atoms with Gasteiger partial charge in [0.15, 0.2) is 0 Å². The Hall–Kier alpha value is -1.96. The summed E-state index contributed by atoms with van der Waals surface area (Å²) in [6, 6.07) is 5.17. The van der Waals surface area contributed by atoms with Gasteiger partial charge in [0.05, 0.1) is 6.54 Å². The summed E-state index contributed by atoms with van der Waals surface area (Å²) in [4.78, 5) is 11.0. The minimum atomic E-state index is -4.70. The maximum absolute atomic E-state index is 12.0. The molecule has 0 spiro atoms. The number of carbonyl (C=O) groups is 1. The maximum Gasteiger partial charge on any atom is 0.573 e. The van der Waals surface area contributed by atoms with Gasteiger partial charge in [-0.1, -0.05) is 0 Å². The lowest BCUT2D eigenvalue weighted by Gasteiger charge is -2.15. The SMILES string of the molecule is CC(CNc1ccc(OC(F)(F)F)cc1)NC(=O)CN. The number of halogens is 3. The number of carbonyl (C=O) groups excluding carboxylic acids is 1. The van der Waals surface area contributed by atoms with Crippen molar-refractivity contribution < 1.29 is 22.7 Å². The molecule has 8 heteroatoms. The molecule has 0 heterocycles. The van der Waals surface area contributed by atoms with E-state index in [1.54, 1.807) is 6.92 Å². The van der Waals surface area contributed by atoms with Gasteiger partial charge in [0, 0.05) is 18.3 Å². The second kappa shape index (κ2) is 6.99. The molecule has 0 aliphatic carbocycles. The van der Waals surface area contributed by atoms with E-state index in [9.17, 15) is 18.0 Å². The Balaban J connectivity index is 2.44. The zero-order valence-electron chi connectivity index (χ0n) is 10.8. The molecule has 0 radical (unpaired) electrons. The van der Waals surface area contributed by atoms with Gasteiger partial charge in [0.1, 0.15) is 5.75 Å². The second-order valence-electron chi connectivity index (χ2n) is 4.13. The first-order valence-corrected chi connectivity index (χ1v) is 5.89. The highest BCUT2D eigenvalue weighted by Crippen LogP contribution is 2.23. The molecule has 0 saturated carbocycles. The number of anilines is 1. The van der Waals surface area contributed by atoms with E-state index in [2.05, 4.69) is 15.4 Å². The number of amides is 1. The van der Waals surface area contributed by atoms with E-state index in [0.29, 0.717) is 12.2 Å². The molecule has 4 N–H and O–H groups in total. The Morgan fingerprint density at radius 1 is 1.35 bits per heavy atom. The highest BCUT2D eigenvalue weighted by Gasteiger charge is 2.30. The topological polar surface area (TPSA) is 76.4 Å². The minimum absolute atomic E-state index is 0.0895. The van der Waals surface area contributed by atoms with Crippen molar-refractivity contribution in [3.05, 3.63) is 24.3 Å². The van der Waals surface area contributed by atoms with E-state index in [4.69, 9.17) is 5.73 Å². The Labute approximate surface area is 114 Å². The van der Waals surface area contributed by atoms with E-state index < -0.39 is 6.36 Å². The summed E-state index contributed by atoms with van der Waals surface area (Å²) in [5.41, 5.74) is 5.78. The van der Waals surface area contributed by atoms with Crippen LogP contribution in [0.15, 0.2) is 24.3 Å². The second-order valence-corrected chi connectivity index (χ2v) is 4.13. The molecule has 112 valence electrons. The third kappa shape index (κ3) is 6.28. The fourth-order valence-electron chi connectivity index (χ4n) is 1.43. The number of ether oxygens (including phenoxy) is 1. The summed E-state index contributed by atoms with van der Waals surface area (Å²) in [6.07, 6.45) is -4.70. The first kappa shape index (κ1) is 16.1. The molecule has 1 atom stereocenters. The van der Waals surface area contributed by atoms with E-state index in [-0.39, 0.29) is 24.2 Å². The van der Waals surface area contributed by atoms with Crippen LogP contribution in [-0.4, -0.2) is 31.4 Å². The van der Waals surface area contributed by atoms with Crippen LogP contribution in [0.1, 0.15) is 6.92 Å². The van der Waals surface area contributed by atoms with Crippen molar-refractivity contribution in [2.75, 3.05) is 18.4 Å². The molecule has 0 bridgehead atoms. The number of nitrogens with two attached hydrogens (primary N) is 1. The molecule has 0 aliphatic heterocycles. The Kier molecular flexibility index (Phi) is 5.63. The highest BCUT2D eigenvalue weighted by atomic mass is 19.4. The Bertz CT molecular complexity index is 435. The molecule has 1 aromatic carbocycles. The molecule has 1 unspecified atom stereocenters. The third-order valence-corrected chi connectivity index (χ3v) is 2.29. The van der Waals surface area contributed by atoms with Crippen LogP contribution in [0.25, 0.3) is 0 Å². The van der Waals surface area contributed by atoms with Crippen LogP contribution < -0.4 is 21.1 Å². The molecule has 0 aromatic heterocycles. The number of hydrogen-bond donors (Lipinski definition) is 3. The van der Waals surface area contributed by atoms with Crippen molar-refractivity contribution in [2.45, 2.75) is 19.3 Å². The fraction of sp³-hybridized carbons (Fsp3) is 0.417. The third-order valence-electron chi connectivity index (χ3n) is 2.29. The highest BCUT2D eigenvalue weighted by molar-refractivity contribution is 5.78. The molecule has 0 saturated heterocycles. The summed E-state index contributed by atoms with van der Waals surface area (Å²) in [6.45, 7) is 2.11. The molecular weight excluding hydrogens is 275 g/mol. The first-order chi connectivity index (χ1) is 9.30. The lowest BCUT2D eigenvalue weighted by atomic mass is 10.2. The molecule has 1 amide bonds. The molecule has 1 aromatic rings. The lowest BCUT2D eigenvalue weighted by Crippen LogP contribution is -2.40. The maximum atomic E-state index is 12.0. The van der Waals surface area contributed by atoms with E-state index in [0.717, 1.165) is 0 Å². The predicted octanol–water partition coefficient (Wildman–Crippen LogP) is 1.46. The van der Waals surface area contributed by atoms with Gasteiger partial charge in [-0.3, -0.25) is 4.79 Å². The van der Waals surface area contributed by atoms with Crippen molar-refractivity contribution in [3.63, 3.8) is 0 Å². The lowest BCUT2D eigenvalue weighted by molar-refractivity contribution is -0.274. The minimum Gasteiger partial charge on any atom is -0.406 e. The van der Waals surface area contributed by atoms with Crippen LogP contribution >= 0.6 is 0 Å². The van der Waals surface area contributed by atoms with Crippen LogP contribution in [0.5, 0.6) is 5.75 Å². The Morgan fingerprint density at radius 3 is 2.45 bits per heavy atom. The zero-order valence-corrected chi connectivity index (χ0v) is 10.8. The number of nitrogens with one attached hydrogen (secondary N) is 2. The average molecular weight is 291 g/mol. The summed E-state index contributed by atoms with van der Waals surface area (Å²) < 4.78 is 39.6. The summed E-state index contributed by atoms with van der Waals surface area (Å²) in [5, 5.41) is 5.61. The van der Waals surface area contributed by atoms with Gasteiger partial charge in [-0.2, -0.15) is 0 Å².